The first-order chi connectivity index (χ1) is 12.6. The zero-order valence-electron chi connectivity index (χ0n) is 13.7. The van der Waals surface area contributed by atoms with Crippen molar-refractivity contribution in [2.24, 2.45) is 0 Å². The molecule has 0 atom stereocenters. The summed E-state index contributed by atoms with van der Waals surface area (Å²) in [4.78, 5) is 16.6. The highest BCUT2D eigenvalue weighted by Gasteiger charge is 2.12. The first kappa shape index (κ1) is 15.8. The van der Waals surface area contributed by atoms with Gasteiger partial charge in [0.1, 0.15) is 11.6 Å². The van der Waals surface area contributed by atoms with Crippen molar-refractivity contribution in [2.45, 2.75) is 0 Å². The molecule has 26 heavy (non-hydrogen) atoms. The number of rotatable bonds is 4. The highest BCUT2D eigenvalue weighted by molar-refractivity contribution is 5.68. The van der Waals surface area contributed by atoms with E-state index in [2.05, 4.69) is 20.5 Å². The number of methoxy groups -OCH3 is 1. The second-order valence-electron chi connectivity index (χ2n) is 5.55. The van der Waals surface area contributed by atoms with Gasteiger partial charge in [-0.05, 0) is 36.4 Å². The molecule has 2 aromatic heterocycles. The molecule has 0 saturated carbocycles. The van der Waals surface area contributed by atoms with E-state index in [1.807, 2.05) is 24.3 Å². The standard InChI is InChI=1S/C18H14FN5O2/c1-26-14-4-2-3-11(9-14)15-10-16-22-23-18(25)24(16)17(21-15)20-13-7-5-12(19)6-8-13/h2-10H,1H3,(H,20,21)(H,23,25). The monoisotopic (exact) mass is 351 g/mol. The van der Waals surface area contributed by atoms with E-state index in [-0.39, 0.29) is 11.8 Å². The van der Waals surface area contributed by atoms with E-state index in [1.54, 1.807) is 25.3 Å². The number of hydrogen-bond donors (Lipinski definition) is 2. The van der Waals surface area contributed by atoms with Gasteiger partial charge in [-0.1, -0.05) is 12.1 Å². The van der Waals surface area contributed by atoms with Gasteiger partial charge in [0.25, 0.3) is 0 Å². The summed E-state index contributed by atoms with van der Waals surface area (Å²) >= 11 is 0. The largest absolute Gasteiger partial charge is 0.497 e. The Morgan fingerprint density at radius 1 is 1.15 bits per heavy atom. The maximum atomic E-state index is 13.1. The van der Waals surface area contributed by atoms with E-state index in [4.69, 9.17) is 4.74 Å². The Labute approximate surface area is 147 Å². The summed E-state index contributed by atoms with van der Waals surface area (Å²) in [6.45, 7) is 0. The SMILES string of the molecule is COc1cccc(-c2cc3n[nH]c(=O)n3c(Nc3ccc(F)cc3)n2)c1. The predicted octanol–water partition coefficient (Wildman–Crippen LogP) is 2.98. The van der Waals surface area contributed by atoms with Crippen LogP contribution in [-0.2, 0) is 0 Å². The lowest BCUT2D eigenvalue weighted by Crippen LogP contribution is -2.14. The van der Waals surface area contributed by atoms with Gasteiger partial charge in [-0.3, -0.25) is 0 Å². The van der Waals surface area contributed by atoms with E-state index in [0.29, 0.717) is 22.8 Å². The van der Waals surface area contributed by atoms with Gasteiger partial charge in [-0.15, -0.1) is 0 Å². The van der Waals surface area contributed by atoms with Crippen LogP contribution in [0.5, 0.6) is 5.75 Å². The van der Waals surface area contributed by atoms with E-state index >= 15 is 0 Å². The second kappa shape index (κ2) is 6.32. The Bertz CT molecular complexity index is 1130. The molecule has 2 aromatic carbocycles. The average Bonchev–Trinajstić information content (AvgIpc) is 3.05. The molecule has 0 spiro atoms. The summed E-state index contributed by atoms with van der Waals surface area (Å²) in [6.07, 6.45) is 0. The van der Waals surface area contributed by atoms with Crippen LogP contribution in [0.1, 0.15) is 0 Å². The third-order valence-corrected chi connectivity index (χ3v) is 3.87. The Morgan fingerprint density at radius 3 is 2.73 bits per heavy atom. The second-order valence-corrected chi connectivity index (χ2v) is 5.55. The molecule has 0 unspecified atom stereocenters. The fourth-order valence-corrected chi connectivity index (χ4v) is 2.61. The molecule has 8 heteroatoms. The van der Waals surface area contributed by atoms with Gasteiger partial charge < -0.3 is 10.1 Å². The van der Waals surface area contributed by atoms with Gasteiger partial charge in [0, 0.05) is 17.3 Å². The van der Waals surface area contributed by atoms with Gasteiger partial charge >= 0.3 is 5.69 Å². The lowest BCUT2D eigenvalue weighted by Gasteiger charge is -2.10. The third-order valence-electron chi connectivity index (χ3n) is 3.87. The maximum Gasteiger partial charge on any atom is 0.350 e. The van der Waals surface area contributed by atoms with Crippen LogP contribution < -0.4 is 15.7 Å². The molecule has 2 N–H and O–H groups in total. The minimum Gasteiger partial charge on any atom is -0.497 e. The van der Waals surface area contributed by atoms with Gasteiger partial charge in [0.2, 0.25) is 5.95 Å². The number of nitrogens with zero attached hydrogens (tertiary/aromatic N) is 3. The molecule has 0 bridgehead atoms. The molecule has 4 aromatic rings. The molecular weight excluding hydrogens is 337 g/mol. The predicted molar refractivity (Wildman–Crippen MR) is 95.3 cm³/mol. The van der Waals surface area contributed by atoms with Crippen molar-refractivity contribution in [1.29, 1.82) is 0 Å². The van der Waals surface area contributed by atoms with Crippen molar-refractivity contribution >= 4 is 17.3 Å². The molecular formula is C18H14FN5O2. The number of ether oxygens (including phenoxy) is 1. The van der Waals surface area contributed by atoms with Crippen molar-refractivity contribution in [2.75, 3.05) is 12.4 Å². The molecule has 7 nitrogen and oxygen atoms in total. The maximum absolute atomic E-state index is 13.1. The first-order valence-electron chi connectivity index (χ1n) is 7.79. The smallest absolute Gasteiger partial charge is 0.350 e. The summed E-state index contributed by atoms with van der Waals surface area (Å²) < 4.78 is 19.7. The van der Waals surface area contributed by atoms with Crippen LogP contribution >= 0.6 is 0 Å². The summed E-state index contributed by atoms with van der Waals surface area (Å²) in [5.74, 6) is 0.613. The van der Waals surface area contributed by atoms with Gasteiger partial charge in [-0.25, -0.2) is 23.7 Å². The van der Waals surface area contributed by atoms with E-state index in [1.165, 1.54) is 16.5 Å². The van der Waals surface area contributed by atoms with Crippen LogP contribution in [0.15, 0.2) is 59.4 Å². The fraction of sp³-hybridized carbons (Fsp3) is 0.0556. The van der Waals surface area contributed by atoms with Crippen LogP contribution in [-0.4, -0.2) is 26.7 Å². The number of nitrogens with one attached hydrogen (secondary N) is 2. The minimum atomic E-state index is -0.422. The normalized spacial score (nSPS) is 10.8. The zero-order valence-corrected chi connectivity index (χ0v) is 13.7. The Balaban J connectivity index is 1.85. The van der Waals surface area contributed by atoms with Gasteiger partial charge in [0.05, 0.1) is 12.8 Å². The van der Waals surface area contributed by atoms with Gasteiger partial charge in [-0.2, -0.15) is 5.10 Å². The summed E-state index contributed by atoms with van der Waals surface area (Å²) in [7, 11) is 1.59. The molecule has 130 valence electrons. The van der Waals surface area contributed by atoms with Crippen LogP contribution in [0.4, 0.5) is 16.0 Å². The Kier molecular flexibility index (Phi) is 3.85. The molecule has 0 saturated heterocycles. The average molecular weight is 351 g/mol. The molecule has 0 amide bonds. The number of benzene rings is 2. The number of halogens is 1. The van der Waals surface area contributed by atoms with Crippen molar-refractivity contribution in [3.8, 4) is 17.0 Å². The lowest BCUT2D eigenvalue weighted by molar-refractivity contribution is 0.415. The summed E-state index contributed by atoms with van der Waals surface area (Å²) in [5.41, 5.74) is 2.00. The summed E-state index contributed by atoms with van der Waals surface area (Å²) in [6, 6.07) is 14.9. The highest BCUT2D eigenvalue weighted by Crippen LogP contribution is 2.25. The van der Waals surface area contributed by atoms with Crippen LogP contribution in [0.25, 0.3) is 16.9 Å². The Morgan fingerprint density at radius 2 is 1.96 bits per heavy atom. The Hall–Kier alpha value is -3.68. The van der Waals surface area contributed by atoms with Gasteiger partial charge in [0.15, 0.2) is 5.65 Å². The van der Waals surface area contributed by atoms with Crippen LogP contribution in [0.3, 0.4) is 0 Å². The number of anilines is 2. The van der Waals surface area contributed by atoms with Crippen LogP contribution in [0, 0.1) is 5.82 Å². The third kappa shape index (κ3) is 2.88. The molecule has 0 radical (unpaired) electrons. The zero-order chi connectivity index (χ0) is 18.1. The molecule has 0 fully saturated rings. The molecule has 4 rings (SSSR count). The minimum absolute atomic E-state index is 0.269. The van der Waals surface area contributed by atoms with Crippen molar-refractivity contribution < 1.29 is 9.13 Å². The number of hydrogen-bond acceptors (Lipinski definition) is 5. The molecule has 0 aliphatic carbocycles. The quantitative estimate of drug-likeness (QED) is 0.590. The number of fused-ring (bicyclic) bond motifs is 1. The highest BCUT2D eigenvalue weighted by atomic mass is 19.1. The van der Waals surface area contributed by atoms with E-state index in [0.717, 1.165) is 5.56 Å². The molecule has 0 aliphatic heterocycles. The first-order valence-corrected chi connectivity index (χ1v) is 7.79. The van der Waals surface area contributed by atoms with E-state index in [9.17, 15) is 9.18 Å². The molecule has 0 aliphatic rings. The fourth-order valence-electron chi connectivity index (χ4n) is 2.61. The van der Waals surface area contributed by atoms with E-state index < -0.39 is 5.69 Å². The van der Waals surface area contributed by atoms with Crippen molar-refractivity contribution in [1.82, 2.24) is 19.6 Å². The molecule has 2 heterocycles. The topological polar surface area (TPSA) is 84.3 Å². The van der Waals surface area contributed by atoms with Crippen LogP contribution in [0.2, 0.25) is 0 Å². The van der Waals surface area contributed by atoms with Crippen molar-refractivity contribution in [3.05, 3.63) is 70.9 Å². The lowest BCUT2D eigenvalue weighted by atomic mass is 10.1. The number of aromatic nitrogens is 4. The number of aromatic amines is 1. The summed E-state index contributed by atoms with van der Waals surface area (Å²) in [5, 5.41) is 9.46. The number of H-pyrrole nitrogens is 1. The van der Waals surface area contributed by atoms with Crippen molar-refractivity contribution in [3.63, 3.8) is 0 Å².